The van der Waals surface area contributed by atoms with Crippen LogP contribution in [0, 0.1) is 6.39 Å². The van der Waals surface area contributed by atoms with E-state index < -0.39 is 0 Å². The van der Waals surface area contributed by atoms with Gasteiger partial charge in [-0.15, -0.1) is 0 Å². The SMILES string of the molecule is CC(S)c1n[c]on1. The molecule has 0 amide bonds. The summed E-state index contributed by atoms with van der Waals surface area (Å²) in [7, 11) is 0. The van der Waals surface area contributed by atoms with Crippen molar-refractivity contribution in [2.24, 2.45) is 0 Å². The Morgan fingerprint density at radius 3 is 2.88 bits per heavy atom. The minimum Gasteiger partial charge on any atom is -0.328 e. The molecule has 1 radical (unpaired) electrons. The predicted octanol–water partition coefficient (Wildman–Crippen LogP) is 0.861. The highest BCUT2D eigenvalue weighted by atomic mass is 32.1. The molecule has 0 aliphatic rings. The van der Waals surface area contributed by atoms with E-state index in [0.29, 0.717) is 5.82 Å². The van der Waals surface area contributed by atoms with Gasteiger partial charge in [-0.1, -0.05) is 5.16 Å². The number of rotatable bonds is 1. The van der Waals surface area contributed by atoms with E-state index in [1.165, 1.54) is 0 Å². The van der Waals surface area contributed by atoms with Crippen molar-refractivity contribution in [1.82, 2.24) is 10.1 Å². The van der Waals surface area contributed by atoms with Gasteiger partial charge in [0, 0.05) is 0 Å². The van der Waals surface area contributed by atoms with Crippen molar-refractivity contribution < 1.29 is 4.52 Å². The first-order valence-corrected chi connectivity index (χ1v) is 2.70. The van der Waals surface area contributed by atoms with Gasteiger partial charge in [0.25, 0.3) is 0 Å². The molecule has 3 nitrogen and oxygen atoms in total. The molecule has 1 unspecified atom stereocenters. The lowest BCUT2D eigenvalue weighted by Gasteiger charge is -1.89. The van der Waals surface area contributed by atoms with E-state index >= 15 is 0 Å². The number of hydrogen-bond donors (Lipinski definition) is 1. The Bertz CT molecular complexity index is 149. The molecule has 1 aromatic heterocycles. The van der Waals surface area contributed by atoms with Gasteiger partial charge in [-0.2, -0.15) is 17.6 Å². The first-order valence-electron chi connectivity index (χ1n) is 2.18. The van der Waals surface area contributed by atoms with Crippen LogP contribution in [0.5, 0.6) is 0 Å². The van der Waals surface area contributed by atoms with Gasteiger partial charge in [0.1, 0.15) is 0 Å². The molecule has 0 aliphatic heterocycles. The zero-order valence-corrected chi connectivity index (χ0v) is 5.22. The molecule has 43 valence electrons. The lowest BCUT2D eigenvalue weighted by atomic mass is 10.5. The molecule has 0 aliphatic carbocycles. The van der Waals surface area contributed by atoms with Gasteiger partial charge in [-0.25, -0.2) is 0 Å². The summed E-state index contributed by atoms with van der Waals surface area (Å²) >= 11 is 4.05. The monoisotopic (exact) mass is 129 g/mol. The van der Waals surface area contributed by atoms with E-state index in [9.17, 15) is 0 Å². The molecule has 0 bridgehead atoms. The Morgan fingerprint density at radius 2 is 2.62 bits per heavy atom. The van der Waals surface area contributed by atoms with Crippen LogP contribution >= 0.6 is 12.6 Å². The quantitative estimate of drug-likeness (QED) is 0.571. The molecule has 0 aromatic carbocycles. The number of thiol groups is 1. The van der Waals surface area contributed by atoms with Crippen LogP contribution in [0.3, 0.4) is 0 Å². The molecule has 1 heterocycles. The third-order valence-electron chi connectivity index (χ3n) is 0.714. The van der Waals surface area contributed by atoms with Gasteiger partial charge < -0.3 is 4.52 Å². The molecule has 8 heavy (non-hydrogen) atoms. The minimum atomic E-state index is 0.0324. The van der Waals surface area contributed by atoms with E-state index in [-0.39, 0.29) is 5.25 Å². The van der Waals surface area contributed by atoms with Crippen LogP contribution in [0.4, 0.5) is 0 Å². The Balaban J connectivity index is 2.77. The largest absolute Gasteiger partial charge is 0.328 e. The second-order valence-electron chi connectivity index (χ2n) is 1.42. The molecular weight excluding hydrogens is 124 g/mol. The Labute approximate surface area is 52.5 Å². The molecule has 0 saturated carbocycles. The summed E-state index contributed by atoms with van der Waals surface area (Å²) < 4.78 is 4.34. The molecule has 1 rings (SSSR count). The first-order chi connectivity index (χ1) is 3.80. The second-order valence-corrected chi connectivity index (χ2v) is 2.19. The molecule has 4 heteroatoms. The normalized spacial score (nSPS) is 13.8. The molecule has 0 N–H and O–H groups in total. The third-order valence-corrected chi connectivity index (χ3v) is 0.945. The van der Waals surface area contributed by atoms with Gasteiger partial charge in [0.05, 0.1) is 5.25 Å². The molecule has 0 fully saturated rings. The Kier molecular flexibility index (Phi) is 1.53. The van der Waals surface area contributed by atoms with Crippen molar-refractivity contribution in [2.45, 2.75) is 12.2 Å². The number of aromatic nitrogens is 2. The van der Waals surface area contributed by atoms with Crippen LogP contribution in [-0.2, 0) is 0 Å². The third kappa shape index (κ3) is 1.01. The topological polar surface area (TPSA) is 38.9 Å². The van der Waals surface area contributed by atoms with Crippen molar-refractivity contribution in [3.8, 4) is 0 Å². The molecule has 0 spiro atoms. The van der Waals surface area contributed by atoms with Gasteiger partial charge in [-0.3, -0.25) is 0 Å². The van der Waals surface area contributed by atoms with Crippen molar-refractivity contribution in [2.75, 3.05) is 0 Å². The maximum Gasteiger partial charge on any atom is 0.316 e. The van der Waals surface area contributed by atoms with Gasteiger partial charge in [-0.05, 0) is 6.92 Å². The smallest absolute Gasteiger partial charge is 0.316 e. The predicted molar refractivity (Wildman–Crippen MR) is 30.5 cm³/mol. The van der Waals surface area contributed by atoms with Gasteiger partial charge >= 0.3 is 6.39 Å². The van der Waals surface area contributed by atoms with Crippen molar-refractivity contribution in [3.05, 3.63) is 12.2 Å². The summed E-state index contributed by atoms with van der Waals surface area (Å²) in [6.07, 6.45) is 2.23. The standard InChI is InChI=1S/C4H5N2OS/c1-3(8)4-5-2-7-6-4/h3,8H,1H3. The Hall–Kier alpha value is -0.510. The fourth-order valence-electron chi connectivity index (χ4n) is 0.324. The van der Waals surface area contributed by atoms with Crippen LogP contribution in [0.25, 0.3) is 0 Å². The summed E-state index contributed by atoms with van der Waals surface area (Å²) in [6.45, 7) is 1.86. The average Bonchev–Trinajstić information content (AvgIpc) is 2.12. The van der Waals surface area contributed by atoms with E-state index in [1.54, 1.807) is 0 Å². The Morgan fingerprint density at radius 1 is 1.88 bits per heavy atom. The maximum atomic E-state index is 4.34. The highest BCUT2D eigenvalue weighted by Crippen LogP contribution is 2.11. The summed E-state index contributed by atoms with van der Waals surface area (Å²) in [4.78, 5) is 3.64. The molecule has 0 saturated heterocycles. The van der Waals surface area contributed by atoms with Crippen LogP contribution in [0.15, 0.2) is 4.52 Å². The van der Waals surface area contributed by atoms with E-state index in [4.69, 9.17) is 0 Å². The maximum absolute atomic E-state index is 4.34. The average molecular weight is 129 g/mol. The fourth-order valence-corrected chi connectivity index (χ4v) is 0.429. The molecular formula is C4H5N2OS. The lowest BCUT2D eigenvalue weighted by molar-refractivity contribution is 0.403. The minimum absolute atomic E-state index is 0.0324. The summed E-state index contributed by atoms with van der Waals surface area (Å²) in [6, 6.07) is 0. The van der Waals surface area contributed by atoms with E-state index in [2.05, 4.69) is 33.7 Å². The van der Waals surface area contributed by atoms with Crippen LogP contribution in [0.2, 0.25) is 0 Å². The number of nitrogens with zero attached hydrogens (tertiary/aromatic N) is 2. The fraction of sp³-hybridized carbons (Fsp3) is 0.500. The van der Waals surface area contributed by atoms with Gasteiger partial charge in [0.15, 0.2) is 5.82 Å². The molecule has 1 atom stereocenters. The molecule has 1 aromatic rings. The van der Waals surface area contributed by atoms with Crippen molar-refractivity contribution >= 4 is 12.6 Å². The number of hydrogen-bond acceptors (Lipinski definition) is 4. The second kappa shape index (κ2) is 2.17. The van der Waals surface area contributed by atoms with E-state index in [1.807, 2.05) is 6.92 Å². The van der Waals surface area contributed by atoms with E-state index in [0.717, 1.165) is 0 Å². The first kappa shape index (κ1) is 5.62. The van der Waals surface area contributed by atoms with Crippen molar-refractivity contribution in [1.29, 1.82) is 0 Å². The highest BCUT2D eigenvalue weighted by molar-refractivity contribution is 7.80. The summed E-state index contributed by atoms with van der Waals surface area (Å²) in [5, 5.41) is 3.53. The highest BCUT2D eigenvalue weighted by Gasteiger charge is 2.02. The van der Waals surface area contributed by atoms with Crippen LogP contribution in [0.1, 0.15) is 18.0 Å². The summed E-state index contributed by atoms with van der Waals surface area (Å²) in [5.41, 5.74) is 0. The van der Waals surface area contributed by atoms with Crippen LogP contribution < -0.4 is 0 Å². The van der Waals surface area contributed by atoms with Gasteiger partial charge in [0.2, 0.25) is 0 Å². The lowest BCUT2D eigenvalue weighted by Crippen LogP contribution is -1.84. The van der Waals surface area contributed by atoms with Crippen LogP contribution in [-0.4, -0.2) is 10.1 Å². The summed E-state index contributed by atoms with van der Waals surface area (Å²) in [5.74, 6) is 0.577. The zero-order valence-electron chi connectivity index (χ0n) is 4.33. The van der Waals surface area contributed by atoms with Crippen molar-refractivity contribution in [3.63, 3.8) is 0 Å². The zero-order chi connectivity index (χ0) is 5.98.